The van der Waals surface area contributed by atoms with Gasteiger partial charge in [-0.1, -0.05) is 0 Å². The molecule has 20 heavy (non-hydrogen) atoms. The highest BCUT2D eigenvalue weighted by Gasteiger charge is 2.26. The fourth-order valence-electron chi connectivity index (χ4n) is 3.06. The van der Waals surface area contributed by atoms with Crippen LogP contribution in [0.1, 0.15) is 25.7 Å². The van der Waals surface area contributed by atoms with E-state index < -0.39 is 0 Å². The highest BCUT2D eigenvalue weighted by Crippen LogP contribution is 2.24. The first-order valence-corrected chi connectivity index (χ1v) is 7.61. The fourth-order valence-corrected chi connectivity index (χ4v) is 3.20. The Labute approximate surface area is 123 Å². The number of piperidine rings is 1. The van der Waals surface area contributed by atoms with Crippen LogP contribution in [-0.4, -0.2) is 47.0 Å². The van der Waals surface area contributed by atoms with Crippen molar-refractivity contribution in [3.05, 3.63) is 17.5 Å². The number of halogens is 1. The number of hydrogen-bond acceptors (Lipinski definition) is 4. The lowest BCUT2D eigenvalue weighted by Crippen LogP contribution is -2.39. The van der Waals surface area contributed by atoms with E-state index in [-0.39, 0.29) is 0 Å². The van der Waals surface area contributed by atoms with E-state index in [1.807, 2.05) is 11.0 Å². The topological polar surface area (TPSA) is 49.3 Å². The second-order valence-electron chi connectivity index (χ2n) is 5.56. The third kappa shape index (κ3) is 3.03. The van der Waals surface area contributed by atoms with Crippen LogP contribution in [0.15, 0.2) is 12.3 Å². The van der Waals surface area contributed by atoms with Crippen LogP contribution in [0.3, 0.4) is 0 Å². The van der Waals surface area contributed by atoms with E-state index in [1.54, 1.807) is 6.20 Å². The molecule has 0 aliphatic carbocycles. The molecule has 0 bridgehead atoms. The molecular formula is C14H19ClN4O. The van der Waals surface area contributed by atoms with E-state index in [0.717, 1.165) is 57.7 Å². The molecule has 1 aromatic heterocycles. The van der Waals surface area contributed by atoms with Crippen molar-refractivity contribution in [2.75, 3.05) is 31.1 Å². The van der Waals surface area contributed by atoms with E-state index in [0.29, 0.717) is 17.1 Å². The Hall–Kier alpha value is -1.36. The summed E-state index contributed by atoms with van der Waals surface area (Å²) >= 11 is 5.83. The SMILES string of the molecule is O=C1CCCN1CC1CCN(c2ccnc(Cl)n2)CC1. The van der Waals surface area contributed by atoms with Crippen LogP contribution >= 0.6 is 11.6 Å². The first-order chi connectivity index (χ1) is 9.72. The highest BCUT2D eigenvalue weighted by molar-refractivity contribution is 6.28. The van der Waals surface area contributed by atoms with Crippen LogP contribution in [0.25, 0.3) is 0 Å². The second-order valence-corrected chi connectivity index (χ2v) is 5.90. The van der Waals surface area contributed by atoms with Crippen molar-refractivity contribution in [2.24, 2.45) is 5.92 Å². The molecule has 0 atom stereocenters. The summed E-state index contributed by atoms with van der Waals surface area (Å²) in [6.07, 6.45) is 5.66. The van der Waals surface area contributed by atoms with E-state index in [9.17, 15) is 4.79 Å². The summed E-state index contributed by atoms with van der Waals surface area (Å²) in [7, 11) is 0. The van der Waals surface area contributed by atoms with Crippen molar-refractivity contribution in [3.8, 4) is 0 Å². The van der Waals surface area contributed by atoms with Gasteiger partial charge in [-0.2, -0.15) is 0 Å². The molecule has 0 spiro atoms. The van der Waals surface area contributed by atoms with Gasteiger partial charge in [0.25, 0.3) is 0 Å². The van der Waals surface area contributed by atoms with E-state index in [2.05, 4.69) is 14.9 Å². The van der Waals surface area contributed by atoms with Crippen molar-refractivity contribution in [1.82, 2.24) is 14.9 Å². The fraction of sp³-hybridized carbons (Fsp3) is 0.643. The smallest absolute Gasteiger partial charge is 0.224 e. The third-order valence-electron chi connectivity index (χ3n) is 4.20. The minimum absolute atomic E-state index is 0.298. The predicted octanol–water partition coefficient (Wildman–Crippen LogP) is 1.97. The maximum atomic E-state index is 11.7. The van der Waals surface area contributed by atoms with E-state index in [1.165, 1.54) is 0 Å². The lowest BCUT2D eigenvalue weighted by molar-refractivity contribution is -0.128. The standard InChI is InChI=1S/C14H19ClN4O/c15-14-16-6-3-12(17-14)18-8-4-11(5-9-18)10-19-7-1-2-13(19)20/h3,6,11H,1-2,4-5,7-10H2. The van der Waals surface area contributed by atoms with Gasteiger partial charge in [-0.25, -0.2) is 9.97 Å². The van der Waals surface area contributed by atoms with Crippen LogP contribution in [0, 0.1) is 5.92 Å². The molecule has 3 rings (SSSR count). The van der Waals surface area contributed by atoms with E-state index >= 15 is 0 Å². The zero-order chi connectivity index (χ0) is 13.9. The van der Waals surface area contributed by atoms with Gasteiger partial charge in [0.15, 0.2) is 0 Å². The maximum absolute atomic E-state index is 11.7. The minimum atomic E-state index is 0.298. The largest absolute Gasteiger partial charge is 0.356 e. The predicted molar refractivity (Wildman–Crippen MR) is 77.8 cm³/mol. The molecule has 0 radical (unpaired) electrons. The molecule has 2 aliphatic rings. The number of rotatable bonds is 3. The zero-order valence-electron chi connectivity index (χ0n) is 11.5. The van der Waals surface area contributed by atoms with Gasteiger partial charge in [-0.3, -0.25) is 4.79 Å². The van der Waals surface area contributed by atoms with Crippen LogP contribution in [0.2, 0.25) is 5.28 Å². The number of aromatic nitrogens is 2. The lowest BCUT2D eigenvalue weighted by atomic mass is 9.96. The summed E-state index contributed by atoms with van der Waals surface area (Å²) in [4.78, 5) is 24.1. The maximum Gasteiger partial charge on any atom is 0.224 e. The van der Waals surface area contributed by atoms with Crippen LogP contribution in [-0.2, 0) is 4.79 Å². The molecule has 0 aromatic carbocycles. The molecule has 3 heterocycles. The minimum Gasteiger partial charge on any atom is -0.356 e. The Kier molecular flexibility index (Phi) is 4.05. The van der Waals surface area contributed by atoms with Crippen molar-refractivity contribution >= 4 is 23.3 Å². The normalized spacial score (nSPS) is 20.8. The van der Waals surface area contributed by atoms with Gasteiger partial charge >= 0.3 is 0 Å². The molecule has 0 unspecified atom stereocenters. The molecule has 6 heteroatoms. The van der Waals surface area contributed by atoms with Gasteiger partial charge in [0.1, 0.15) is 5.82 Å². The number of nitrogens with zero attached hydrogens (tertiary/aromatic N) is 4. The molecule has 0 N–H and O–H groups in total. The Morgan fingerprint density at radius 2 is 2.10 bits per heavy atom. The van der Waals surface area contributed by atoms with Gasteiger partial charge in [0.05, 0.1) is 0 Å². The Bertz CT molecular complexity index is 488. The summed E-state index contributed by atoms with van der Waals surface area (Å²) in [5, 5.41) is 0.298. The van der Waals surface area contributed by atoms with Gasteiger partial charge in [-0.15, -0.1) is 0 Å². The van der Waals surface area contributed by atoms with Crippen molar-refractivity contribution in [1.29, 1.82) is 0 Å². The quantitative estimate of drug-likeness (QED) is 0.800. The third-order valence-corrected chi connectivity index (χ3v) is 4.38. The van der Waals surface area contributed by atoms with Crippen molar-refractivity contribution in [3.63, 3.8) is 0 Å². The highest BCUT2D eigenvalue weighted by atomic mass is 35.5. The molecular weight excluding hydrogens is 276 g/mol. The van der Waals surface area contributed by atoms with Crippen LogP contribution in [0.5, 0.6) is 0 Å². The van der Waals surface area contributed by atoms with Gasteiger partial charge in [0.2, 0.25) is 11.2 Å². The number of hydrogen-bond donors (Lipinski definition) is 0. The van der Waals surface area contributed by atoms with Gasteiger partial charge in [-0.05, 0) is 42.8 Å². The van der Waals surface area contributed by atoms with Crippen LogP contribution < -0.4 is 4.90 Å². The summed E-state index contributed by atoms with van der Waals surface area (Å²) in [5.41, 5.74) is 0. The number of likely N-dealkylation sites (tertiary alicyclic amines) is 1. The first kappa shape index (κ1) is 13.6. The van der Waals surface area contributed by atoms with Crippen molar-refractivity contribution in [2.45, 2.75) is 25.7 Å². The van der Waals surface area contributed by atoms with Crippen LogP contribution in [0.4, 0.5) is 5.82 Å². The zero-order valence-corrected chi connectivity index (χ0v) is 12.2. The summed E-state index contributed by atoms with van der Waals surface area (Å²) < 4.78 is 0. The number of anilines is 1. The first-order valence-electron chi connectivity index (χ1n) is 7.23. The molecule has 2 saturated heterocycles. The summed E-state index contributed by atoms with van der Waals surface area (Å²) in [6, 6.07) is 1.90. The molecule has 1 aromatic rings. The molecule has 108 valence electrons. The average Bonchev–Trinajstić information content (AvgIpc) is 2.85. The molecule has 1 amide bonds. The number of carbonyl (C=O) groups excluding carboxylic acids is 1. The van der Waals surface area contributed by atoms with E-state index in [4.69, 9.17) is 11.6 Å². The number of carbonyl (C=O) groups is 1. The average molecular weight is 295 g/mol. The summed E-state index contributed by atoms with van der Waals surface area (Å²) in [5.74, 6) is 1.85. The van der Waals surface area contributed by atoms with Gasteiger partial charge < -0.3 is 9.80 Å². The Morgan fingerprint density at radius 1 is 1.30 bits per heavy atom. The van der Waals surface area contributed by atoms with Gasteiger partial charge in [0, 0.05) is 38.8 Å². The molecule has 2 aliphatic heterocycles. The van der Waals surface area contributed by atoms with Crippen molar-refractivity contribution < 1.29 is 4.79 Å². The summed E-state index contributed by atoms with van der Waals surface area (Å²) in [6.45, 7) is 3.82. The Balaban J connectivity index is 1.53. The number of amides is 1. The molecule has 0 saturated carbocycles. The monoisotopic (exact) mass is 294 g/mol. The molecule has 5 nitrogen and oxygen atoms in total. The second kappa shape index (κ2) is 5.95. The lowest BCUT2D eigenvalue weighted by Gasteiger charge is -2.34. The Morgan fingerprint density at radius 3 is 2.75 bits per heavy atom. The molecule has 2 fully saturated rings.